The minimum atomic E-state index is -0.206. The minimum Gasteiger partial charge on any atom is -0.396 e. The van der Waals surface area contributed by atoms with Crippen molar-refractivity contribution in [2.24, 2.45) is 39.9 Å². The maximum Gasteiger partial charge on any atom is 0.127 e. The molecule has 6 unspecified atom stereocenters. The summed E-state index contributed by atoms with van der Waals surface area (Å²) in [5.74, 6) is 2.07. The smallest absolute Gasteiger partial charge is 0.127 e. The lowest BCUT2D eigenvalue weighted by Gasteiger charge is -2.45. The van der Waals surface area contributed by atoms with E-state index < -0.39 is 0 Å². The Morgan fingerprint density at radius 2 is 1.94 bits per heavy atom. The molecule has 0 heterocycles. The molecule has 3 rings (SSSR count). The Kier molecular flexibility index (Phi) is 2.38. The van der Waals surface area contributed by atoms with Crippen molar-refractivity contribution in [1.29, 1.82) is 0 Å². The standard InChI is InChI=1S/C16H26O2/c1-10-11-5-14(2,3)6-12(11)15(4)8-16(15,9-18)13(10)7-17/h9-13,17H,5-8H2,1-4H3. The van der Waals surface area contributed by atoms with Crippen LogP contribution in [0.15, 0.2) is 0 Å². The van der Waals surface area contributed by atoms with Crippen LogP contribution in [0.1, 0.15) is 47.0 Å². The Labute approximate surface area is 110 Å². The zero-order chi connectivity index (χ0) is 13.3. The number of hydrogen-bond donors (Lipinski definition) is 1. The number of rotatable bonds is 2. The van der Waals surface area contributed by atoms with Gasteiger partial charge in [0.2, 0.25) is 0 Å². The Hall–Kier alpha value is -0.370. The van der Waals surface area contributed by atoms with E-state index in [2.05, 4.69) is 27.7 Å². The molecule has 0 saturated heterocycles. The van der Waals surface area contributed by atoms with Crippen molar-refractivity contribution in [3.63, 3.8) is 0 Å². The predicted octanol–water partition coefficient (Wildman–Crippen LogP) is 2.89. The van der Waals surface area contributed by atoms with E-state index in [4.69, 9.17) is 0 Å². The van der Waals surface area contributed by atoms with E-state index in [1.807, 2.05) is 0 Å². The van der Waals surface area contributed by atoms with Gasteiger partial charge in [0, 0.05) is 12.0 Å². The molecule has 0 spiro atoms. The molecule has 0 aromatic rings. The van der Waals surface area contributed by atoms with Gasteiger partial charge in [0.1, 0.15) is 6.29 Å². The van der Waals surface area contributed by atoms with Gasteiger partial charge >= 0.3 is 0 Å². The summed E-state index contributed by atoms with van der Waals surface area (Å²) in [4.78, 5) is 11.7. The zero-order valence-corrected chi connectivity index (χ0v) is 12.1. The van der Waals surface area contributed by atoms with E-state index in [0.717, 1.165) is 6.42 Å². The second kappa shape index (κ2) is 3.39. The molecule has 3 saturated carbocycles. The largest absolute Gasteiger partial charge is 0.396 e. The van der Waals surface area contributed by atoms with Crippen molar-refractivity contribution >= 4 is 6.29 Å². The van der Waals surface area contributed by atoms with E-state index in [9.17, 15) is 9.90 Å². The minimum absolute atomic E-state index is 0.174. The van der Waals surface area contributed by atoms with Crippen LogP contribution in [-0.2, 0) is 4.79 Å². The van der Waals surface area contributed by atoms with Crippen LogP contribution >= 0.6 is 0 Å². The van der Waals surface area contributed by atoms with E-state index in [0.29, 0.717) is 23.2 Å². The number of aliphatic hydroxyl groups excluding tert-OH is 1. The first-order valence-corrected chi connectivity index (χ1v) is 7.38. The van der Waals surface area contributed by atoms with Crippen molar-refractivity contribution < 1.29 is 9.90 Å². The summed E-state index contributed by atoms with van der Waals surface area (Å²) >= 11 is 0. The van der Waals surface area contributed by atoms with E-state index in [1.54, 1.807) is 0 Å². The SMILES string of the molecule is CC1C2CC(C)(C)CC2C2(C)CC2(C=O)C1CO. The molecule has 2 nitrogen and oxygen atoms in total. The third kappa shape index (κ3) is 1.25. The van der Waals surface area contributed by atoms with Crippen molar-refractivity contribution in [3.05, 3.63) is 0 Å². The molecule has 0 aromatic carbocycles. The first-order valence-electron chi connectivity index (χ1n) is 7.38. The zero-order valence-electron chi connectivity index (χ0n) is 12.1. The van der Waals surface area contributed by atoms with Crippen LogP contribution in [0, 0.1) is 39.9 Å². The van der Waals surface area contributed by atoms with Gasteiger partial charge in [-0.1, -0.05) is 27.7 Å². The predicted molar refractivity (Wildman–Crippen MR) is 71.0 cm³/mol. The number of aldehydes is 1. The molecule has 6 atom stereocenters. The molecule has 0 radical (unpaired) electrons. The molecule has 1 N–H and O–H groups in total. The van der Waals surface area contributed by atoms with Gasteiger partial charge in [0.05, 0.1) is 0 Å². The maximum atomic E-state index is 11.7. The first kappa shape index (κ1) is 12.7. The van der Waals surface area contributed by atoms with Crippen molar-refractivity contribution in [3.8, 4) is 0 Å². The average Bonchev–Trinajstić information content (AvgIpc) is 2.77. The average molecular weight is 250 g/mol. The Bertz CT molecular complexity index is 389. The van der Waals surface area contributed by atoms with E-state index >= 15 is 0 Å². The summed E-state index contributed by atoms with van der Waals surface area (Å²) in [6.45, 7) is 9.47. The van der Waals surface area contributed by atoms with Crippen LogP contribution in [-0.4, -0.2) is 18.0 Å². The lowest BCUT2D eigenvalue weighted by molar-refractivity contribution is -0.122. The monoisotopic (exact) mass is 250 g/mol. The van der Waals surface area contributed by atoms with Crippen LogP contribution in [0.25, 0.3) is 0 Å². The second-order valence-electron chi connectivity index (χ2n) is 8.24. The molecule has 0 aliphatic heterocycles. The highest BCUT2D eigenvalue weighted by Gasteiger charge is 2.76. The molecule has 3 aliphatic rings. The van der Waals surface area contributed by atoms with E-state index in [1.165, 1.54) is 19.1 Å². The van der Waals surface area contributed by atoms with Crippen molar-refractivity contribution in [2.75, 3.05) is 6.61 Å². The van der Waals surface area contributed by atoms with Crippen LogP contribution in [0.5, 0.6) is 0 Å². The van der Waals surface area contributed by atoms with Crippen LogP contribution < -0.4 is 0 Å². The van der Waals surface area contributed by atoms with Gasteiger partial charge in [-0.2, -0.15) is 0 Å². The summed E-state index contributed by atoms with van der Waals surface area (Å²) in [5, 5.41) is 9.76. The van der Waals surface area contributed by atoms with Crippen molar-refractivity contribution in [2.45, 2.75) is 47.0 Å². The van der Waals surface area contributed by atoms with Crippen LogP contribution in [0.2, 0.25) is 0 Å². The highest BCUT2D eigenvalue weighted by Crippen LogP contribution is 2.79. The number of carbonyl (C=O) groups is 1. The lowest BCUT2D eigenvalue weighted by atomic mass is 9.59. The van der Waals surface area contributed by atoms with Gasteiger partial charge in [-0.15, -0.1) is 0 Å². The normalized spacial score (nSPS) is 56.7. The number of carbonyl (C=O) groups excluding carboxylic acids is 1. The maximum absolute atomic E-state index is 11.7. The number of aliphatic hydroxyl groups is 1. The van der Waals surface area contributed by atoms with E-state index in [-0.39, 0.29) is 23.4 Å². The van der Waals surface area contributed by atoms with Gasteiger partial charge < -0.3 is 9.90 Å². The summed E-state index contributed by atoms with van der Waals surface area (Å²) in [6, 6.07) is 0. The van der Waals surface area contributed by atoms with Crippen LogP contribution in [0.4, 0.5) is 0 Å². The molecule has 3 fully saturated rings. The molecule has 0 amide bonds. The molecule has 0 aromatic heterocycles. The highest BCUT2D eigenvalue weighted by molar-refractivity contribution is 5.68. The number of hydrogen-bond acceptors (Lipinski definition) is 2. The molecular formula is C16H26O2. The fourth-order valence-corrected chi connectivity index (χ4v) is 5.82. The van der Waals surface area contributed by atoms with Crippen LogP contribution in [0.3, 0.4) is 0 Å². The van der Waals surface area contributed by atoms with Crippen molar-refractivity contribution in [1.82, 2.24) is 0 Å². The molecule has 0 bridgehead atoms. The summed E-state index contributed by atoms with van der Waals surface area (Å²) in [6.07, 6.45) is 4.72. The third-order valence-electron chi connectivity index (χ3n) is 6.87. The van der Waals surface area contributed by atoms with Gasteiger partial charge in [-0.25, -0.2) is 0 Å². The summed E-state index contributed by atoms with van der Waals surface area (Å²) in [7, 11) is 0. The highest BCUT2D eigenvalue weighted by atomic mass is 16.3. The fourth-order valence-electron chi connectivity index (χ4n) is 5.82. The second-order valence-corrected chi connectivity index (χ2v) is 8.24. The Balaban J connectivity index is 2.01. The quantitative estimate of drug-likeness (QED) is 0.765. The van der Waals surface area contributed by atoms with Gasteiger partial charge in [0.25, 0.3) is 0 Å². The molecule has 18 heavy (non-hydrogen) atoms. The topological polar surface area (TPSA) is 37.3 Å². The first-order chi connectivity index (χ1) is 8.31. The molecule has 2 heteroatoms. The third-order valence-corrected chi connectivity index (χ3v) is 6.87. The number of fused-ring (bicyclic) bond motifs is 3. The molecule has 102 valence electrons. The lowest BCUT2D eigenvalue weighted by Crippen LogP contribution is -2.44. The fraction of sp³-hybridized carbons (Fsp3) is 0.938. The van der Waals surface area contributed by atoms with Gasteiger partial charge in [-0.3, -0.25) is 0 Å². The van der Waals surface area contributed by atoms with Gasteiger partial charge in [0.15, 0.2) is 0 Å². The summed E-state index contributed by atoms with van der Waals surface area (Å²) in [5.41, 5.74) is 0.379. The molecular weight excluding hydrogens is 224 g/mol. The Morgan fingerprint density at radius 3 is 2.50 bits per heavy atom. The van der Waals surface area contributed by atoms with Gasteiger partial charge in [-0.05, 0) is 53.8 Å². The summed E-state index contributed by atoms with van der Waals surface area (Å²) < 4.78 is 0. The molecule has 3 aliphatic carbocycles. The Morgan fingerprint density at radius 1 is 1.28 bits per heavy atom.